The molecule has 2 aromatic rings. The number of nitrogens with zero attached hydrogens (tertiary/aromatic N) is 2. The standard InChI is InChI=1S/C24H30ClN3O3S/c25-22-12-9-20(17-23(22)32(30,31)28-15-5-2-6-16-28)24(29)26-18-19-7-10-21(11-8-19)27-13-3-1-4-14-27/h7-12,17H,1-6,13-16,18H2,(H,26,29). The molecular weight excluding hydrogens is 446 g/mol. The van der Waals surface area contributed by atoms with Crippen molar-refractivity contribution in [3.8, 4) is 0 Å². The first-order valence-electron chi connectivity index (χ1n) is 11.4. The number of hydrogen-bond donors (Lipinski definition) is 1. The maximum Gasteiger partial charge on any atom is 0.251 e. The Hall–Kier alpha value is -2.09. The van der Waals surface area contributed by atoms with E-state index in [-0.39, 0.29) is 21.4 Å². The maximum atomic E-state index is 13.0. The SMILES string of the molecule is O=C(NCc1ccc(N2CCCCC2)cc1)c1ccc(Cl)c(S(=O)(=O)N2CCCCC2)c1. The molecule has 2 saturated heterocycles. The lowest BCUT2D eigenvalue weighted by Gasteiger charge is -2.28. The average molecular weight is 476 g/mol. The summed E-state index contributed by atoms with van der Waals surface area (Å²) in [5.41, 5.74) is 2.49. The third-order valence-corrected chi connectivity index (χ3v) is 8.62. The first-order valence-corrected chi connectivity index (χ1v) is 13.2. The molecule has 2 fully saturated rings. The van der Waals surface area contributed by atoms with E-state index in [4.69, 9.17) is 11.6 Å². The van der Waals surface area contributed by atoms with Crippen LogP contribution in [0.25, 0.3) is 0 Å². The molecule has 1 N–H and O–H groups in total. The summed E-state index contributed by atoms with van der Waals surface area (Å²) in [6, 6.07) is 12.7. The molecule has 0 saturated carbocycles. The van der Waals surface area contributed by atoms with E-state index in [0.29, 0.717) is 19.6 Å². The van der Waals surface area contributed by atoms with E-state index in [1.807, 2.05) is 12.1 Å². The first kappa shape index (κ1) is 23.1. The van der Waals surface area contributed by atoms with Crippen molar-refractivity contribution in [2.45, 2.75) is 50.0 Å². The first-order chi connectivity index (χ1) is 15.4. The third-order valence-electron chi connectivity index (χ3n) is 6.24. The average Bonchev–Trinajstić information content (AvgIpc) is 2.84. The van der Waals surface area contributed by atoms with Crippen LogP contribution in [-0.2, 0) is 16.6 Å². The number of rotatable bonds is 6. The van der Waals surface area contributed by atoms with Crippen molar-refractivity contribution in [1.29, 1.82) is 0 Å². The van der Waals surface area contributed by atoms with Crippen LogP contribution < -0.4 is 10.2 Å². The Balaban J connectivity index is 1.42. The van der Waals surface area contributed by atoms with Crippen molar-refractivity contribution in [3.63, 3.8) is 0 Å². The van der Waals surface area contributed by atoms with E-state index >= 15 is 0 Å². The van der Waals surface area contributed by atoms with Gasteiger partial charge in [0.1, 0.15) is 4.90 Å². The Labute approximate surface area is 195 Å². The third kappa shape index (κ3) is 5.27. The Morgan fingerprint density at radius 3 is 2.16 bits per heavy atom. The minimum absolute atomic E-state index is 0.000369. The summed E-state index contributed by atoms with van der Waals surface area (Å²) in [6.45, 7) is 3.53. The van der Waals surface area contributed by atoms with E-state index < -0.39 is 10.0 Å². The monoisotopic (exact) mass is 475 g/mol. The van der Waals surface area contributed by atoms with Crippen LogP contribution in [-0.4, -0.2) is 44.8 Å². The molecule has 1 amide bonds. The summed E-state index contributed by atoms with van der Waals surface area (Å²) in [6.07, 6.45) is 6.47. The zero-order valence-electron chi connectivity index (χ0n) is 18.2. The van der Waals surface area contributed by atoms with Gasteiger partial charge in [-0.3, -0.25) is 4.79 Å². The summed E-state index contributed by atoms with van der Waals surface area (Å²) in [7, 11) is -3.71. The van der Waals surface area contributed by atoms with Gasteiger partial charge < -0.3 is 10.2 Å². The van der Waals surface area contributed by atoms with Crippen molar-refractivity contribution >= 4 is 33.2 Å². The molecule has 2 heterocycles. The van der Waals surface area contributed by atoms with Crippen LogP contribution in [0.15, 0.2) is 47.4 Å². The quantitative estimate of drug-likeness (QED) is 0.670. The number of sulfonamides is 1. The minimum Gasteiger partial charge on any atom is -0.372 e. The van der Waals surface area contributed by atoms with Gasteiger partial charge in [0, 0.05) is 44.0 Å². The number of nitrogens with one attached hydrogen (secondary N) is 1. The predicted molar refractivity (Wildman–Crippen MR) is 128 cm³/mol. The molecule has 0 spiro atoms. The van der Waals surface area contributed by atoms with Crippen LogP contribution in [0.3, 0.4) is 0 Å². The fourth-order valence-corrected chi connectivity index (χ4v) is 6.37. The number of anilines is 1. The topological polar surface area (TPSA) is 69.7 Å². The Kier molecular flexibility index (Phi) is 7.38. The zero-order chi connectivity index (χ0) is 22.6. The highest BCUT2D eigenvalue weighted by Gasteiger charge is 2.28. The summed E-state index contributed by atoms with van der Waals surface area (Å²) in [5, 5.41) is 3.03. The van der Waals surface area contributed by atoms with Gasteiger partial charge in [-0.15, -0.1) is 0 Å². The van der Waals surface area contributed by atoms with Gasteiger partial charge in [0.25, 0.3) is 5.91 Å². The molecule has 32 heavy (non-hydrogen) atoms. The molecule has 2 aromatic carbocycles. The summed E-state index contributed by atoms with van der Waals surface area (Å²) in [5.74, 6) is -0.322. The number of carbonyl (C=O) groups excluding carboxylic acids is 1. The van der Waals surface area contributed by atoms with Crippen molar-refractivity contribution < 1.29 is 13.2 Å². The molecule has 0 unspecified atom stereocenters. The molecule has 8 heteroatoms. The largest absolute Gasteiger partial charge is 0.372 e. The van der Waals surface area contributed by atoms with Crippen molar-refractivity contribution in [2.75, 3.05) is 31.1 Å². The number of piperidine rings is 2. The number of amides is 1. The second kappa shape index (κ2) is 10.2. The molecular formula is C24H30ClN3O3S. The fourth-order valence-electron chi connectivity index (χ4n) is 4.35. The molecule has 2 aliphatic heterocycles. The molecule has 4 rings (SSSR count). The van der Waals surface area contributed by atoms with Gasteiger partial charge >= 0.3 is 0 Å². The summed E-state index contributed by atoms with van der Waals surface area (Å²) in [4.78, 5) is 15.1. The van der Waals surface area contributed by atoms with E-state index in [9.17, 15) is 13.2 Å². The number of halogens is 1. The van der Waals surface area contributed by atoms with Crippen molar-refractivity contribution in [3.05, 3.63) is 58.6 Å². The van der Waals surface area contributed by atoms with E-state index in [1.54, 1.807) is 6.07 Å². The van der Waals surface area contributed by atoms with E-state index in [0.717, 1.165) is 37.9 Å². The highest BCUT2D eigenvalue weighted by molar-refractivity contribution is 7.89. The van der Waals surface area contributed by atoms with Crippen LogP contribution >= 0.6 is 11.6 Å². The lowest BCUT2D eigenvalue weighted by atomic mass is 10.1. The molecule has 2 aliphatic rings. The second-order valence-corrected chi connectivity index (χ2v) is 10.8. The molecule has 0 atom stereocenters. The molecule has 0 bridgehead atoms. The lowest BCUT2D eigenvalue weighted by Crippen LogP contribution is -2.36. The second-order valence-electron chi connectivity index (χ2n) is 8.51. The molecule has 172 valence electrons. The van der Waals surface area contributed by atoms with E-state index in [1.165, 1.54) is 41.4 Å². The van der Waals surface area contributed by atoms with Crippen LogP contribution in [0.4, 0.5) is 5.69 Å². The molecule has 6 nitrogen and oxygen atoms in total. The van der Waals surface area contributed by atoms with Crippen LogP contribution in [0, 0.1) is 0 Å². The van der Waals surface area contributed by atoms with Gasteiger partial charge in [-0.05, 0) is 68.0 Å². The Morgan fingerprint density at radius 1 is 0.875 bits per heavy atom. The lowest BCUT2D eigenvalue weighted by molar-refractivity contribution is 0.0950. The molecule has 0 aromatic heterocycles. The van der Waals surface area contributed by atoms with E-state index in [2.05, 4.69) is 22.3 Å². The summed E-state index contributed by atoms with van der Waals surface area (Å²) >= 11 is 6.21. The normalized spacial score (nSPS) is 17.8. The van der Waals surface area contributed by atoms with Gasteiger partial charge in [-0.1, -0.05) is 30.2 Å². The minimum atomic E-state index is -3.71. The Bertz CT molecular complexity index is 1040. The molecule has 0 aliphatic carbocycles. The van der Waals surface area contributed by atoms with Gasteiger partial charge in [-0.2, -0.15) is 4.31 Å². The predicted octanol–water partition coefficient (Wildman–Crippen LogP) is 4.43. The number of carbonyl (C=O) groups is 1. The fraction of sp³-hybridized carbons (Fsp3) is 0.458. The number of benzene rings is 2. The Morgan fingerprint density at radius 2 is 1.50 bits per heavy atom. The van der Waals surface area contributed by atoms with Gasteiger partial charge in [0.15, 0.2) is 0 Å². The number of hydrogen-bond acceptors (Lipinski definition) is 4. The van der Waals surface area contributed by atoms with Crippen molar-refractivity contribution in [1.82, 2.24) is 9.62 Å². The highest BCUT2D eigenvalue weighted by Crippen LogP contribution is 2.28. The van der Waals surface area contributed by atoms with Crippen LogP contribution in [0.5, 0.6) is 0 Å². The molecule has 0 radical (unpaired) electrons. The summed E-state index contributed by atoms with van der Waals surface area (Å²) < 4.78 is 27.5. The zero-order valence-corrected chi connectivity index (χ0v) is 19.8. The van der Waals surface area contributed by atoms with Gasteiger partial charge in [0.2, 0.25) is 10.0 Å². The van der Waals surface area contributed by atoms with Crippen LogP contribution in [0.2, 0.25) is 5.02 Å². The van der Waals surface area contributed by atoms with Gasteiger partial charge in [0.05, 0.1) is 5.02 Å². The highest BCUT2D eigenvalue weighted by atomic mass is 35.5. The van der Waals surface area contributed by atoms with Gasteiger partial charge in [-0.25, -0.2) is 8.42 Å². The maximum absolute atomic E-state index is 13.0. The van der Waals surface area contributed by atoms with Crippen molar-refractivity contribution in [2.24, 2.45) is 0 Å². The smallest absolute Gasteiger partial charge is 0.251 e. The van der Waals surface area contributed by atoms with Crippen LogP contribution in [0.1, 0.15) is 54.4 Å².